The number of carbonyl (C=O) groups is 1. The Morgan fingerprint density at radius 1 is 1.21 bits per heavy atom. The molecule has 0 bridgehead atoms. The molecule has 134 valence electrons. The van der Waals surface area contributed by atoms with Gasteiger partial charge in [-0.3, -0.25) is 10.7 Å². The number of amides is 1. The zero-order valence-electron chi connectivity index (χ0n) is 14.8. The molecule has 4 N–H and O–H groups in total. The fraction of sp³-hybridized carbons (Fsp3) is 0.471. The molecule has 6 nitrogen and oxygen atoms in total. The van der Waals surface area contributed by atoms with Gasteiger partial charge >= 0.3 is 6.09 Å². The summed E-state index contributed by atoms with van der Waals surface area (Å²) in [6.07, 6.45) is -0.429. The Kier molecular flexibility index (Phi) is 7.57. The lowest BCUT2D eigenvalue weighted by molar-refractivity contribution is 0.0532. The number of para-hydroxylation sites is 1. The highest BCUT2D eigenvalue weighted by Crippen LogP contribution is 2.30. The van der Waals surface area contributed by atoms with Crippen LogP contribution in [0.3, 0.4) is 0 Å². The lowest BCUT2D eigenvalue weighted by Gasteiger charge is -2.20. The molecule has 0 fully saturated rings. The molecular weight excluding hydrogens is 374 g/mol. The van der Waals surface area contributed by atoms with Crippen LogP contribution in [0.15, 0.2) is 33.8 Å². The van der Waals surface area contributed by atoms with Crippen molar-refractivity contribution in [3.63, 3.8) is 0 Å². The normalized spacial score (nSPS) is 12.3. The van der Waals surface area contributed by atoms with E-state index in [1.165, 1.54) is 0 Å². The Labute approximate surface area is 151 Å². The van der Waals surface area contributed by atoms with E-state index in [1.54, 1.807) is 0 Å². The predicted molar refractivity (Wildman–Crippen MR) is 101 cm³/mol. The van der Waals surface area contributed by atoms with E-state index in [-0.39, 0.29) is 0 Å². The summed E-state index contributed by atoms with van der Waals surface area (Å²) in [6.45, 7) is 10.4. The zero-order valence-corrected chi connectivity index (χ0v) is 16.4. The van der Waals surface area contributed by atoms with E-state index in [4.69, 9.17) is 4.74 Å². The number of hydrogen-bond donors (Lipinski definition) is 4. The van der Waals surface area contributed by atoms with Gasteiger partial charge in [-0.15, -0.1) is 0 Å². The highest BCUT2D eigenvalue weighted by molar-refractivity contribution is 9.10. The maximum absolute atomic E-state index is 11.7. The summed E-state index contributed by atoms with van der Waals surface area (Å²) < 4.78 is 5.97. The van der Waals surface area contributed by atoms with E-state index < -0.39 is 11.7 Å². The number of benzene rings is 1. The molecule has 0 aliphatic heterocycles. The third-order valence-electron chi connectivity index (χ3n) is 3.29. The summed E-state index contributed by atoms with van der Waals surface area (Å²) in [5, 5.41) is 15.2. The van der Waals surface area contributed by atoms with Crippen molar-refractivity contribution in [3.05, 3.63) is 33.8 Å². The molecule has 0 heterocycles. The molecule has 0 radical (unpaired) electrons. The number of rotatable bonds is 6. The number of ether oxygens (including phenoxy) is 1. The predicted octanol–water partition coefficient (Wildman–Crippen LogP) is 4.52. The molecule has 0 saturated heterocycles. The van der Waals surface area contributed by atoms with Gasteiger partial charge in [0.25, 0.3) is 0 Å². The number of nitrogens with one attached hydrogen (secondary N) is 3. The Bertz CT molecular complexity index is 610. The molecule has 24 heavy (non-hydrogen) atoms. The van der Waals surface area contributed by atoms with Crippen molar-refractivity contribution in [2.24, 2.45) is 0 Å². The van der Waals surface area contributed by atoms with Crippen molar-refractivity contribution in [1.82, 2.24) is 5.32 Å². The summed E-state index contributed by atoms with van der Waals surface area (Å²) in [4.78, 5) is 11.7. The second kappa shape index (κ2) is 8.94. The van der Waals surface area contributed by atoms with Crippen molar-refractivity contribution < 1.29 is 14.7 Å². The minimum absolute atomic E-state index is 0.423. The Hall–Kier alpha value is -1.73. The number of anilines is 2. The Morgan fingerprint density at radius 3 is 2.42 bits per heavy atom. The summed E-state index contributed by atoms with van der Waals surface area (Å²) in [5.41, 5.74) is 5.16. The first-order valence-corrected chi connectivity index (χ1v) is 8.48. The van der Waals surface area contributed by atoms with Crippen LogP contribution < -0.4 is 16.1 Å². The van der Waals surface area contributed by atoms with Crippen LogP contribution in [0.2, 0.25) is 0 Å². The van der Waals surface area contributed by atoms with E-state index in [0.29, 0.717) is 18.8 Å². The van der Waals surface area contributed by atoms with Crippen molar-refractivity contribution in [1.29, 1.82) is 0 Å². The molecule has 0 aliphatic rings. The van der Waals surface area contributed by atoms with Crippen LogP contribution in [-0.4, -0.2) is 30.0 Å². The Balaban J connectivity index is 2.60. The highest BCUT2D eigenvalue weighted by atomic mass is 79.9. The average Bonchev–Trinajstić information content (AvgIpc) is 2.48. The lowest BCUT2D eigenvalue weighted by atomic mass is 10.1. The molecule has 0 atom stereocenters. The van der Waals surface area contributed by atoms with Crippen LogP contribution in [0, 0.1) is 0 Å². The number of halogens is 1. The number of hydrogen-bond acceptors (Lipinski definition) is 5. The second-order valence-electron chi connectivity index (χ2n) is 6.54. The Morgan fingerprint density at radius 2 is 1.83 bits per heavy atom. The van der Waals surface area contributed by atoms with Gasteiger partial charge in [-0.25, -0.2) is 4.79 Å². The first kappa shape index (κ1) is 20.3. The van der Waals surface area contributed by atoms with Gasteiger partial charge in [0.05, 0.1) is 11.4 Å². The van der Waals surface area contributed by atoms with E-state index in [2.05, 4.69) is 32.0 Å². The van der Waals surface area contributed by atoms with Crippen LogP contribution in [0.1, 0.15) is 34.6 Å². The van der Waals surface area contributed by atoms with E-state index in [1.807, 2.05) is 52.8 Å². The van der Waals surface area contributed by atoms with Crippen LogP contribution in [0.5, 0.6) is 0 Å². The van der Waals surface area contributed by atoms with Crippen molar-refractivity contribution in [3.8, 4) is 0 Å². The minimum Gasteiger partial charge on any atom is -0.444 e. The monoisotopic (exact) mass is 399 g/mol. The summed E-state index contributed by atoms with van der Waals surface area (Å²) in [7, 11) is 0. The fourth-order valence-electron chi connectivity index (χ4n) is 1.83. The van der Waals surface area contributed by atoms with Gasteiger partial charge in [-0.2, -0.15) is 0 Å². The van der Waals surface area contributed by atoms with Crippen molar-refractivity contribution in [2.75, 3.05) is 23.9 Å². The molecule has 1 aromatic carbocycles. The molecule has 0 spiro atoms. The van der Waals surface area contributed by atoms with Crippen LogP contribution >= 0.6 is 15.9 Å². The maximum atomic E-state index is 11.7. The molecular formula is C17H26BrN3O3. The average molecular weight is 400 g/mol. The zero-order chi connectivity index (χ0) is 18.3. The molecule has 1 amide bonds. The molecule has 0 aliphatic carbocycles. The smallest absolute Gasteiger partial charge is 0.407 e. The first-order valence-electron chi connectivity index (χ1n) is 7.68. The summed E-state index contributed by atoms with van der Waals surface area (Å²) in [6, 6.07) is 5.58. The van der Waals surface area contributed by atoms with Crippen LogP contribution in [0.25, 0.3) is 0 Å². The maximum Gasteiger partial charge on any atom is 0.407 e. The van der Waals surface area contributed by atoms with Gasteiger partial charge in [0, 0.05) is 17.6 Å². The van der Waals surface area contributed by atoms with Gasteiger partial charge in [0.2, 0.25) is 0 Å². The van der Waals surface area contributed by atoms with Crippen LogP contribution in [-0.2, 0) is 4.74 Å². The van der Waals surface area contributed by atoms with E-state index in [0.717, 1.165) is 21.3 Å². The van der Waals surface area contributed by atoms with Gasteiger partial charge in [-0.05, 0) is 62.7 Å². The molecule has 0 aromatic heterocycles. The molecule has 1 rings (SSSR count). The van der Waals surface area contributed by atoms with E-state index in [9.17, 15) is 10.0 Å². The second-order valence-corrected chi connectivity index (χ2v) is 7.40. The van der Waals surface area contributed by atoms with Crippen LogP contribution in [0.4, 0.5) is 16.2 Å². The third-order valence-corrected chi connectivity index (χ3v) is 3.96. The lowest BCUT2D eigenvalue weighted by Crippen LogP contribution is -2.33. The first-order chi connectivity index (χ1) is 11.1. The SMILES string of the molecule is C/C(CNC(=O)OC(C)(C)C)=C(/C)CNc1cccc(Br)c1NO. The molecule has 0 unspecified atom stereocenters. The number of alkyl carbamates (subject to hydrolysis) is 1. The van der Waals surface area contributed by atoms with Gasteiger partial charge < -0.3 is 15.4 Å². The third kappa shape index (κ3) is 6.80. The largest absolute Gasteiger partial charge is 0.444 e. The van der Waals surface area contributed by atoms with Crippen molar-refractivity contribution in [2.45, 2.75) is 40.2 Å². The molecule has 0 saturated carbocycles. The molecule has 7 heteroatoms. The summed E-state index contributed by atoms with van der Waals surface area (Å²) in [5.74, 6) is 0. The molecule has 1 aromatic rings. The van der Waals surface area contributed by atoms with Gasteiger partial charge in [-0.1, -0.05) is 17.2 Å². The quantitative estimate of drug-likeness (QED) is 0.417. The summed E-state index contributed by atoms with van der Waals surface area (Å²) >= 11 is 3.37. The minimum atomic E-state index is -0.507. The highest BCUT2D eigenvalue weighted by Gasteiger charge is 2.15. The fourth-order valence-corrected chi connectivity index (χ4v) is 2.29. The van der Waals surface area contributed by atoms with Crippen molar-refractivity contribution >= 4 is 33.4 Å². The van der Waals surface area contributed by atoms with Gasteiger partial charge in [0.15, 0.2) is 0 Å². The standard InChI is InChI=1S/C17H26BrN3O3/c1-11(12(2)10-20-16(22)24-17(3,4)5)9-19-14-8-6-7-13(18)15(14)21-23/h6-8,19,21,23H,9-10H2,1-5H3,(H,20,22)/b12-11+. The van der Waals surface area contributed by atoms with Gasteiger partial charge in [0.1, 0.15) is 5.60 Å². The topological polar surface area (TPSA) is 82.6 Å². The number of carbonyl (C=O) groups excluding carboxylic acids is 1. The van der Waals surface area contributed by atoms with E-state index >= 15 is 0 Å².